The van der Waals surface area contributed by atoms with E-state index in [9.17, 15) is 4.79 Å². The fraction of sp³-hybridized carbons (Fsp3) is 0.682. The first-order chi connectivity index (χ1) is 14.3. The van der Waals surface area contributed by atoms with Gasteiger partial charge in [0, 0.05) is 45.5 Å². The first kappa shape index (κ1) is 21.1. The number of carbonyl (C=O) groups is 1. The second kappa shape index (κ2) is 8.51. The number of likely N-dealkylation sites (tertiary alicyclic amines) is 1. The summed E-state index contributed by atoms with van der Waals surface area (Å²) in [6.07, 6.45) is 5.95. The number of likely N-dealkylation sites (N-methyl/N-ethyl adjacent to an activating group) is 1. The van der Waals surface area contributed by atoms with Gasteiger partial charge in [0.05, 0.1) is 24.0 Å². The summed E-state index contributed by atoms with van der Waals surface area (Å²) in [7, 11) is 3.53. The van der Waals surface area contributed by atoms with Gasteiger partial charge >= 0.3 is 0 Å². The molecular weight excluding hydrogens is 382 g/mol. The van der Waals surface area contributed by atoms with Gasteiger partial charge in [-0.2, -0.15) is 5.10 Å². The minimum atomic E-state index is -0.00605. The average Bonchev–Trinajstić information content (AvgIpc) is 3.39. The van der Waals surface area contributed by atoms with Gasteiger partial charge in [-0.25, -0.2) is 0 Å². The van der Waals surface area contributed by atoms with Gasteiger partial charge in [0.1, 0.15) is 12.4 Å². The number of aryl methyl sites for hydroxylation is 3. The summed E-state index contributed by atoms with van der Waals surface area (Å²) in [5.74, 6) is 2.08. The van der Waals surface area contributed by atoms with E-state index in [1.807, 2.05) is 24.7 Å². The van der Waals surface area contributed by atoms with E-state index in [1.165, 1.54) is 5.56 Å². The smallest absolute Gasteiger partial charge is 0.248 e. The number of ether oxygens (including phenoxy) is 1. The molecule has 1 amide bonds. The zero-order valence-corrected chi connectivity index (χ0v) is 18.7. The summed E-state index contributed by atoms with van der Waals surface area (Å²) < 4.78 is 13.6. The monoisotopic (exact) mass is 415 g/mol. The SMILES string of the molecule is Cc1cnn([C@H]2C[C@H]3CN(Cc4c(C)noc4C)C[C@H]3C[C@@H]2OCC(=O)N(C)C)c1. The Hall–Kier alpha value is -2.19. The normalized spacial score (nSPS) is 26.7. The summed E-state index contributed by atoms with van der Waals surface area (Å²) >= 11 is 0. The molecule has 0 N–H and O–H groups in total. The Labute approximate surface area is 178 Å². The van der Waals surface area contributed by atoms with Gasteiger partial charge in [-0.05, 0) is 51.0 Å². The first-order valence-corrected chi connectivity index (χ1v) is 10.8. The maximum absolute atomic E-state index is 12.1. The lowest BCUT2D eigenvalue weighted by Gasteiger charge is -2.38. The highest BCUT2D eigenvalue weighted by Gasteiger charge is 2.44. The van der Waals surface area contributed by atoms with Crippen molar-refractivity contribution < 1.29 is 14.1 Å². The summed E-state index contributed by atoms with van der Waals surface area (Å²) in [5, 5.41) is 8.68. The topological polar surface area (TPSA) is 76.6 Å². The highest BCUT2D eigenvalue weighted by Crippen LogP contribution is 2.43. The van der Waals surface area contributed by atoms with E-state index < -0.39 is 0 Å². The van der Waals surface area contributed by atoms with Gasteiger partial charge in [0.15, 0.2) is 0 Å². The number of aromatic nitrogens is 3. The van der Waals surface area contributed by atoms with Crippen molar-refractivity contribution in [1.29, 1.82) is 0 Å². The molecule has 8 heteroatoms. The molecule has 0 unspecified atom stereocenters. The lowest BCUT2D eigenvalue weighted by molar-refractivity contribution is -0.138. The maximum Gasteiger partial charge on any atom is 0.248 e. The lowest BCUT2D eigenvalue weighted by atomic mass is 9.77. The molecule has 1 aliphatic carbocycles. The molecule has 4 rings (SSSR count). The fourth-order valence-electron chi connectivity index (χ4n) is 4.95. The van der Waals surface area contributed by atoms with Crippen molar-refractivity contribution in [1.82, 2.24) is 24.7 Å². The predicted octanol–water partition coefficient (Wildman–Crippen LogP) is 2.35. The molecule has 0 spiro atoms. The number of nitrogens with zero attached hydrogens (tertiary/aromatic N) is 5. The Balaban J connectivity index is 1.47. The number of hydrogen-bond acceptors (Lipinski definition) is 6. The fourth-order valence-corrected chi connectivity index (χ4v) is 4.95. The Morgan fingerprint density at radius 1 is 1.23 bits per heavy atom. The van der Waals surface area contributed by atoms with Crippen molar-refractivity contribution >= 4 is 5.91 Å². The van der Waals surface area contributed by atoms with Crippen LogP contribution in [0.3, 0.4) is 0 Å². The van der Waals surface area contributed by atoms with Crippen molar-refractivity contribution in [2.24, 2.45) is 11.8 Å². The third-order valence-corrected chi connectivity index (χ3v) is 6.71. The summed E-state index contributed by atoms with van der Waals surface area (Å²) in [6.45, 7) is 9.16. The highest BCUT2D eigenvalue weighted by molar-refractivity contribution is 5.76. The molecule has 2 aromatic rings. The molecule has 2 aromatic heterocycles. The average molecular weight is 416 g/mol. The minimum Gasteiger partial charge on any atom is -0.366 e. The van der Waals surface area contributed by atoms with Crippen LogP contribution in [0.2, 0.25) is 0 Å². The quantitative estimate of drug-likeness (QED) is 0.721. The van der Waals surface area contributed by atoms with Crippen LogP contribution in [0.25, 0.3) is 0 Å². The van der Waals surface area contributed by atoms with Crippen molar-refractivity contribution in [3.05, 3.63) is 35.0 Å². The van der Waals surface area contributed by atoms with Crippen molar-refractivity contribution in [2.75, 3.05) is 33.8 Å². The molecule has 2 aliphatic rings. The largest absolute Gasteiger partial charge is 0.366 e. The molecule has 1 aliphatic heterocycles. The maximum atomic E-state index is 12.1. The summed E-state index contributed by atoms with van der Waals surface area (Å²) in [4.78, 5) is 16.2. The molecule has 2 fully saturated rings. The van der Waals surface area contributed by atoms with Crippen LogP contribution in [-0.4, -0.2) is 70.5 Å². The molecule has 4 atom stereocenters. The van der Waals surface area contributed by atoms with E-state index in [0.717, 1.165) is 49.5 Å². The van der Waals surface area contributed by atoms with Gasteiger partial charge < -0.3 is 14.2 Å². The molecule has 0 radical (unpaired) electrons. The Bertz CT molecular complexity index is 870. The van der Waals surface area contributed by atoms with E-state index >= 15 is 0 Å². The van der Waals surface area contributed by atoms with Crippen LogP contribution in [0.15, 0.2) is 16.9 Å². The molecule has 3 heterocycles. The predicted molar refractivity (Wildman–Crippen MR) is 112 cm³/mol. The van der Waals surface area contributed by atoms with Gasteiger partial charge in [-0.3, -0.25) is 14.4 Å². The molecule has 0 aromatic carbocycles. The van der Waals surface area contributed by atoms with E-state index in [2.05, 4.69) is 28.3 Å². The zero-order valence-electron chi connectivity index (χ0n) is 18.7. The van der Waals surface area contributed by atoms with Crippen molar-refractivity contribution in [3.8, 4) is 0 Å². The molecule has 0 bridgehead atoms. The number of rotatable bonds is 6. The summed E-state index contributed by atoms with van der Waals surface area (Å²) in [6, 6.07) is 0.161. The van der Waals surface area contributed by atoms with Gasteiger partial charge in [-0.1, -0.05) is 5.16 Å². The van der Waals surface area contributed by atoms with E-state index in [1.54, 1.807) is 19.0 Å². The number of carbonyl (C=O) groups excluding carboxylic acids is 1. The third-order valence-electron chi connectivity index (χ3n) is 6.71. The molecule has 1 saturated heterocycles. The van der Waals surface area contributed by atoms with E-state index in [-0.39, 0.29) is 24.7 Å². The third kappa shape index (κ3) is 4.30. The standard InChI is InChI=1S/C22H33N5O3/c1-14-8-23-27(9-14)20-6-17-10-26(12-19-15(2)24-30-16(19)3)11-18(17)7-21(20)29-13-22(28)25(4)5/h8-9,17-18,20-21H,6-7,10-13H2,1-5H3/t17-,18+,20-,21-/m0/s1. The Morgan fingerprint density at radius 2 is 1.97 bits per heavy atom. The Kier molecular flexibility index (Phi) is 5.97. The van der Waals surface area contributed by atoms with Crippen LogP contribution >= 0.6 is 0 Å². The van der Waals surface area contributed by atoms with Gasteiger partial charge in [-0.15, -0.1) is 0 Å². The van der Waals surface area contributed by atoms with E-state index in [4.69, 9.17) is 9.26 Å². The van der Waals surface area contributed by atoms with Crippen LogP contribution in [-0.2, 0) is 16.1 Å². The first-order valence-electron chi connectivity index (χ1n) is 10.8. The highest BCUT2D eigenvalue weighted by atomic mass is 16.5. The van der Waals surface area contributed by atoms with Crippen molar-refractivity contribution in [3.63, 3.8) is 0 Å². The second-order valence-corrected chi connectivity index (χ2v) is 9.19. The second-order valence-electron chi connectivity index (χ2n) is 9.19. The number of fused-ring (bicyclic) bond motifs is 1. The lowest BCUT2D eigenvalue weighted by Crippen LogP contribution is -2.40. The van der Waals surface area contributed by atoms with Crippen LogP contribution in [0.4, 0.5) is 0 Å². The number of hydrogen-bond donors (Lipinski definition) is 0. The minimum absolute atomic E-state index is 0.000948. The molecule has 164 valence electrons. The van der Waals surface area contributed by atoms with Gasteiger partial charge in [0.25, 0.3) is 0 Å². The number of amides is 1. The van der Waals surface area contributed by atoms with E-state index in [0.29, 0.717) is 11.8 Å². The van der Waals surface area contributed by atoms with Crippen LogP contribution in [0.1, 0.15) is 41.5 Å². The van der Waals surface area contributed by atoms with Crippen LogP contribution in [0.5, 0.6) is 0 Å². The molecule has 8 nitrogen and oxygen atoms in total. The van der Waals surface area contributed by atoms with Crippen molar-refractivity contribution in [2.45, 2.75) is 52.3 Å². The summed E-state index contributed by atoms with van der Waals surface area (Å²) in [5.41, 5.74) is 3.33. The zero-order chi connectivity index (χ0) is 21.4. The molecule has 1 saturated carbocycles. The van der Waals surface area contributed by atoms with Crippen LogP contribution in [0, 0.1) is 32.6 Å². The van der Waals surface area contributed by atoms with Crippen LogP contribution < -0.4 is 0 Å². The Morgan fingerprint density at radius 3 is 2.57 bits per heavy atom. The molecular formula is C22H33N5O3. The van der Waals surface area contributed by atoms with Gasteiger partial charge in [0.2, 0.25) is 5.91 Å². The molecule has 30 heavy (non-hydrogen) atoms.